The van der Waals surface area contributed by atoms with E-state index in [4.69, 9.17) is 16.7 Å². The van der Waals surface area contributed by atoms with Gasteiger partial charge in [0.05, 0.1) is 16.4 Å². The van der Waals surface area contributed by atoms with Crippen LogP contribution in [0.1, 0.15) is 67.0 Å². The Morgan fingerprint density at radius 3 is 2.37 bits per heavy atom. The highest BCUT2D eigenvalue weighted by Gasteiger charge is 2.23. The van der Waals surface area contributed by atoms with Gasteiger partial charge in [0.15, 0.2) is 0 Å². The number of halogens is 1. The van der Waals surface area contributed by atoms with Gasteiger partial charge in [0.2, 0.25) is 5.91 Å². The first-order valence-corrected chi connectivity index (χ1v) is 9.90. The largest absolute Gasteiger partial charge is 0.311 e. The van der Waals surface area contributed by atoms with E-state index in [1.165, 1.54) is 0 Å². The van der Waals surface area contributed by atoms with Gasteiger partial charge in [-0.05, 0) is 29.9 Å². The molecule has 1 aromatic heterocycles. The smallest absolute Gasteiger partial charge is 0.225 e. The van der Waals surface area contributed by atoms with Crippen LogP contribution in [0.25, 0.3) is 5.69 Å². The first kappa shape index (κ1) is 21.5. The fraction of sp³-hybridized carbons (Fsp3) is 0.545. The molecule has 148 valence electrons. The predicted octanol–water partition coefficient (Wildman–Crippen LogP) is 6.22. The Kier molecular flexibility index (Phi) is 6.41. The maximum absolute atomic E-state index is 12.7. The SMILES string of the molecule is CC(CC(=O)Nc1cc(C(C)(C)C)nn1-c1ccccc1Cl)CC(C)(C)C. The third-order valence-corrected chi connectivity index (χ3v) is 4.64. The molecular formula is C22H32ClN3O. The van der Waals surface area contributed by atoms with Crippen LogP contribution in [0.3, 0.4) is 0 Å². The average Bonchev–Trinajstić information content (AvgIpc) is 2.89. The third-order valence-electron chi connectivity index (χ3n) is 4.32. The molecule has 2 rings (SSSR count). The van der Waals surface area contributed by atoms with E-state index in [1.54, 1.807) is 4.68 Å². The van der Waals surface area contributed by atoms with E-state index in [2.05, 4.69) is 53.8 Å². The second-order valence-electron chi connectivity index (χ2n) is 9.65. The van der Waals surface area contributed by atoms with Crippen molar-refractivity contribution < 1.29 is 4.79 Å². The summed E-state index contributed by atoms with van der Waals surface area (Å²) in [4.78, 5) is 12.7. The molecule has 1 atom stereocenters. The van der Waals surface area contributed by atoms with Crippen molar-refractivity contribution in [1.29, 1.82) is 0 Å². The van der Waals surface area contributed by atoms with Crippen molar-refractivity contribution in [3.05, 3.63) is 41.0 Å². The first-order valence-electron chi connectivity index (χ1n) is 9.52. The van der Waals surface area contributed by atoms with Gasteiger partial charge in [-0.1, -0.05) is 72.2 Å². The summed E-state index contributed by atoms with van der Waals surface area (Å²) in [5.74, 6) is 0.963. The molecule has 1 amide bonds. The molecule has 2 aromatic rings. The Balaban J connectivity index is 2.29. The van der Waals surface area contributed by atoms with Crippen LogP contribution in [0.5, 0.6) is 0 Å². The van der Waals surface area contributed by atoms with Crippen molar-refractivity contribution in [1.82, 2.24) is 9.78 Å². The van der Waals surface area contributed by atoms with Crippen LogP contribution in [-0.2, 0) is 10.2 Å². The van der Waals surface area contributed by atoms with E-state index in [0.717, 1.165) is 17.8 Å². The van der Waals surface area contributed by atoms with E-state index < -0.39 is 0 Å². The molecule has 0 radical (unpaired) electrons. The lowest BCUT2D eigenvalue weighted by Crippen LogP contribution is -2.20. The number of aromatic nitrogens is 2. The summed E-state index contributed by atoms with van der Waals surface area (Å²) < 4.78 is 1.73. The second-order valence-corrected chi connectivity index (χ2v) is 10.1. The van der Waals surface area contributed by atoms with Crippen LogP contribution < -0.4 is 5.32 Å². The molecule has 0 aliphatic rings. The van der Waals surface area contributed by atoms with Gasteiger partial charge in [0.25, 0.3) is 0 Å². The Hall–Kier alpha value is -1.81. The number of amides is 1. The maximum Gasteiger partial charge on any atom is 0.225 e. The number of hydrogen-bond donors (Lipinski definition) is 1. The minimum absolute atomic E-state index is 0.000382. The number of para-hydroxylation sites is 1. The van der Waals surface area contributed by atoms with Crippen molar-refractivity contribution in [3.63, 3.8) is 0 Å². The summed E-state index contributed by atoms with van der Waals surface area (Å²) in [6.07, 6.45) is 1.48. The monoisotopic (exact) mass is 389 g/mol. The number of carbonyl (C=O) groups is 1. The molecule has 27 heavy (non-hydrogen) atoms. The Labute approximate surface area is 168 Å². The first-order chi connectivity index (χ1) is 12.4. The summed E-state index contributed by atoms with van der Waals surface area (Å²) in [7, 11) is 0. The average molecular weight is 390 g/mol. The van der Waals surface area contributed by atoms with Crippen LogP contribution in [0.4, 0.5) is 5.82 Å². The van der Waals surface area contributed by atoms with Gasteiger partial charge >= 0.3 is 0 Å². The molecule has 0 saturated heterocycles. The lowest BCUT2D eigenvalue weighted by molar-refractivity contribution is -0.117. The number of rotatable bonds is 5. The van der Waals surface area contributed by atoms with Crippen molar-refractivity contribution in [2.24, 2.45) is 11.3 Å². The molecule has 0 fully saturated rings. The zero-order chi connectivity index (χ0) is 20.4. The van der Waals surface area contributed by atoms with Crippen molar-refractivity contribution in [3.8, 4) is 5.69 Å². The molecule has 5 heteroatoms. The summed E-state index contributed by atoms with van der Waals surface area (Å²) in [6.45, 7) is 15.0. The van der Waals surface area contributed by atoms with Gasteiger partial charge in [0, 0.05) is 17.9 Å². The highest BCUT2D eigenvalue weighted by Crippen LogP contribution is 2.30. The van der Waals surface area contributed by atoms with Gasteiger partial charge in [0.1, 0.15) is 5.82 Å². The highest BCUT2D eigenvalue weighted by molar-refractivity contribution is 6.32. The van der Waals surface area contributed by atoms with E-state index in [1.807, 2.05) is 30.3 Å². The lowest BCUT2D eigenvalue weighted by atomic mass is 9.84. The second kappa shape index (κ2) is 8.05. The number of anilines is 1. The number of benzene rings is 1. The maximum atomic E-state index is 12.7. The quantitative estimate of drug-likeness (QED) is 0.659. The molecule has 0 saturated carbocycles. The predicted molar refractivity (Wildman–Crippen MR) is 114 cm³/mol. The zero-order valence-electron chi connectivity index (χ0n) is 17.6. The molecule has 0 aliphatic carbocycles. The fourth-order valence-corrected chi connectivity index (χ4v) is 3.49. The van der Waals surface area contributed by atoms with Gasteiger partial charge in [-0.3, -0.25) is 4.79 Å². The van der Waals surface area contributed by atoms with Crippen LogP contribution in [0.2, 0.25) is 5.02 Å². The van der Waals surface area contributed by atoms with Crippen LogP contribution in [0.15, 0.2) is 30.3 Å². The number of hydrogen-bond acceptors (Lipinski definition) is 2. The van der Waals surface area contributed by atoms with Crippen LogP contribution in [-0.4, -0.2) is 15.7 Å². The summed E-state index contributed by atoms with van der Waals surface area (Å²) in [6, 6.07) is 9.46. The Bertz CT molecular complexity index is 797. The fourth-order valence-electron chi connectivity index (χ4n) is 3.27. The number of nitrogens with one attached hydrogen (secondary N) is 1. The van der Waals surface area contributed by atoms with E-state index >= 15 is 0 Å². The Morgan fingerprint density at radius 2 is 1.81 bits per heavy atom. The van der Waals surface area contributed by atoms with Gasteiger partial charge in [-0.25, -0.2) is 4.68 Å². The van der Waals surface area contributed by atoms with E-state index in [-0.39, 0.29) is 16.7 Å². The zero-order valence-corrected chi connectivity index (χ0v) is 18.3. The number of carbonyl (C=O) groups excluding carboxylic acids is 1. The highest BCUT2D eigenvalue weighted by atomic mass is 35.5. The lowest BCUT2D eigenvalue weighted by Gasteiger charge is -2.22. The molecule has 1 aromatic carbocycles. The number of nitrogens with zero attached hydrogens (tertiary/aromatic N) is 2. The molecule has 0 aliphatic heterocycles. The van der Waals surface area contributed by atoms with Crippen LogP contribution >= 0.6 is 11.6 Å². The molecule has 1 heterocycles. The Morgan fingerprint density at radius 1 is 1.19 bits per heavy atom. The molecule has 4 nitrogen and oxygen atoms in total. The standard InChI is InChI=1S/C22H32ClN3O/c1-15(14-21(2,3)4)12-20(27)24-19-13-18(22(5,6)7)25-26(19)17-11-9-8-10-16(17)23/h8-11,13,15H,12,14H2,1-7H3,(H,24,27). The van der Waals surface area contributed by atoms with Gasteiger partial charge in [-0.2, -0.15) is 5.10 Å². The molecule has 1 N–H and O–H groups in total. The normalized spacial score (nSPS) is 13.5. The molecule has 0 spiro atoms. The summed E-state index contributed by atoms with van der Waals surface area (Å²) >= 11 is 6.37. The minimum Gasteiger partial charge on any atom is -0.311 e. The minimum atomic E-state index is -0.133. The van der Waals surface area contributed by atoms with Gasteiger partial charge < -0.3 is 5.32 Å². The molecule has 1 unspecified atom stereocenters. The molecular weight excluding hydrogens is 358 g/mol. The van der Waals surface area contributed by atoms with E-state index in [9.17, 15) is 4.79 Å². The third kappa shape index (κ3) is 6.10. The van der Waals surface area contributed by atoms with Crippen molar-refractivity contribution in [2.45, 2.75) is 66.7 Å². The topological polar surface area (TPSA) is 46.9 Å². The van der Waals surface area contributed by atoms with Gasteiger partial charge in [-0.15, -0.1) is 0 Å². The molecule has 0 bridgehead atoms. The summed E-state index contributed by atoms with van der Waals surface area (Å²) in [5.41, 5.74) is 1.73. The van der Waals surface area contributed by atoms with Crippen LogP contribution in [0, 0.1) is 11.3 Å². The van der Waals surface area contributed by atoms with Crippen molar-refractivity contribution >= 4 is 23.3 Å². The van der Waals surface area contributed by atoms with Crippen molar-refractivity contribution in [2.75, 3.05) is 5.32 Å². The summed E-state index contributed by atoms with van der Waals surface area (Å²) in [5, 5.41) is 8.37. The van der Waals surface area contributed by atoms with E-state index in [0.29, 0.717) is 23.2 Å².